The predicted molar refractivity (Wildman–Crippen MR) is 79.1 cm³/mol. The fourth-order valence-corrected chi connectivity index (χ4v) is 1.45. The van der Waals surface area contributed by atoms with Gasteiger partial charge in [0, 0.05) is 5.69 Å². The van der Waals surface area contributed by atoms with Crippen molar-refractivity contribution in [1.29, 1.82) is 0 Å². The molecule has 0 saturated carbocycles. The highest BCUT2D eigenvalue weighted by Gasteiger charge is 2.42. The van der Waals surface area contributed by atoms with Crippen LogP contribution in [0.1, 0.15) is 33.3 Å². The molecule has 0 aromatic heterocycles. The lowest BCUT2D eigenvalue weighted by Crippen LogP contribution is -2.55. The SMILES string of the molecule is CC(C)(C)OC(=O)C(C)(N)C(=O)OCc1cccc(N)c1. The number of esters is 2. The molecular formula is C15H22N2O4. The summed E-state index contributed by atoms with van der Waals surface area (Å²) >= 11 is 0. The molecule has 1 rings (SSSR count). The van der Waals surface area contributed by atoms with Crippen LogP contribution in [0.5, 0.6) is 0 Å². The molecule has 21 heavy (non-hydrogen) atoms. The van der Waals surface area contributed by atoms with E-state index in [0.717, 1.165) is 0 Å². The van der Waals surface area contributed by atoms with Crippen LogP contribution < -0.4 is 11.5 Å². The van der Waals surface area contributed by atoms with E-state index >= 15 is 0 Å². The first-order valence-corrected chi connectivity index (χ1v) is 6.56. The highest BCUT2D eigenvalue weighted by molar-refractivity contribution is 6.04. The standard InChI is InChI=1S/C15H22N2O4/c1-14(2,3)21-13(19)15(4,17)12(18)20-9-10-6-5-7-11(16)8-10/h5-8H,9,16-17H2,1-4H3. The number of rotatable bonds is 4. The van der Waals surface area contributed by atoms with Gasteiger partial charge in [-0.1, -0.05) is 12.1 Å². The van der Waals surface area contributed by atoms with Crippen molar-refractivity contribution in [2.45, 2.75) is 45.4 Å². The molecule has 0 amide bonds. The largest absolute Gasteiger partial charge is 0.459 e. The van der Waals surface area contributed by atoms with Crippen molar-refractivity contribution in [3.8, 4) is 0 Å². The summed E-state index contributed by atoms with van der Waals surface area (Å²) in [7, 11) is 0. The lowest BCUT2D eigenvalue weighted by molar-refractivity contribution is -0.171. The Morgan fingerprint density at radius 2 is 1.76 bits per heavy atom. The second-order valence-corrected chi connectivity index (χ2v) is 6.03. The summed E-state index contributed by atoms with van der Waals surface area (Å²) in [6.45, 7) is 6.33. The molecule has 1 aromatic rings. The average Bonchev–Trinajstić information content (AvgIpc) is 2.33. The molecule has 0 spiro atoms. The van der Waals surface area contributed by atoms with Crippen molar-refractivity contribution in [2.75, 3.05) is 5.73 Å². The van der Waals surface area contributed by atoms with Crippen molar-refractivity contribution in [3.63, 3.8) is 0 Å². The summed E-state index contributed by atoms with van der Waals surface area (Å²) in [5, 5.41) is 0. The number of hydrogen-bond acceptors (Lipinski definition) is 6. The third kappa shape index (κ3) is 5.07. The zero-order valence-corrected chi connectivity index (χ0v) is 12.8. The maximum atomic E-state index is 12.0. The summed E-state index contributed by atoms with van der Waals surface area (Å²) in [6, 6.07) is 6.90. The number of benzene rings is 1. The Morgan fingerprint density at radius 1 is 1.14 bits per heavy atom. The van der Waals surface area contributed by atoms with E-state index in [2.05, 4.69) is 0 Å². The van der Waals surface area contributed by atoms with Crippen LogP contribution in [0.3, 0.4) is 0 Å². The molecule has 0 aliphatic rings. The van der Waals surface area contributed by atoms with E-state index in [9.17, 15) is 9.59 Å². The molecule has 0 saturated heterocycles. The van der Waals surface area contributed by atoms with Crippen LogP contribution >= 0.6 is 0 Å². The Balaban J connectivity index is 2.67. The lowest BCUT2D eigenvalue weighted by Gasteiger charge is -2.26. The molecular weight excluding hydrogens is 272 g/mol. The third-order valence-electron chi connectivity index (χ3n) is 2.57. The molecule has 0 fully saturated rings. The van der Waals surface area contributed by atoms with Crippen LogP contribution in [0, 0.1) is 0 Å². The van der Waals surface area contributed by atoms with Gasteiger partial charge < -0.3 is 20.9 Å². The van der Waals surface area contributed by atoms with E-state index in [0.29, 0.717) is 11.3 Å². The van der Waals surface area contributed by atoms with E-state index in [1.54, 1.807) is 45.0 Å². The summed E-state index contributed by atoms with van der Waals surface area (Å²) in [4.78, 5) is 23.9. The number of nitrogens with two attached hydrogens (primary N) is 2. The molecule has 116 valence electrons. The van der Waals surface area contributed by atoms with Crippen LogP contribution in [-0.2, 0) is 25.7 Å². The number of ether oxygens (including phenoxy) is 2. The first-order valence-electron chi connectivity index (χ1n) is 6.56. The van der Waals surface area contributed by atoms with Gasteiger partial charge in [0.2, 0.25) is 5.54 Å². The van der Waals surface area contributed by atoms with E-state index in [-0.39, 0.29) is 6.61 Å². The molecule has 1 unspecified atom stereocenters. The summed E-state index contributed by atoms with van der Waals surface area (Å²) < 4.78 is 10.2. The molecule has 0 aliphatic carbocycles. The first kappa shape index (κ1) is 17.0. The summed E-state index contributed by atoms with van der Waals surface area (Å²) in [6.07, 6.45) is 0. The number of anilines is 1. The first-order chi connectivity index (χ1) is 9.52. The average molecular weight is 294 g/mol. The Labute approximate surface area is 124 Å². The van der Waals surface area contributed by atoms with E-state index in [4.69, 9.17) is 20.9 Å². The molecule has 0 bridgehead atoms. The second-order valence-electron chi connectivity index (χ2n) is 6.03. The maximum Gasteiger partial charge on any atom is 0.338 e. The minimum atomic E-state index is -1.85. The van der Waals surface area contributed by atoms with Gasteiger partial charge in [-0.15, -0.1) is 0 Å². The minimum absolute atomic E-state index is 0.0144. The zero-order valence-electron chi connectivity index (χ0n) is 12.8. The third-order valence-corrected chi connectivity index (χ3v) is 2.57. The molecule has 0 radical (unpaired) electrons. The van der Waals surface area contributed by atoms with Crippen molar-refractivity contribution >= 4 is 17.6 Å². The normalized spacial score (nSPS) is 14.1. The van der Waals surface area contributed by atoms with Gasteiger partial charge >= 0.3 is 11.9 Å². The Morgan fingerprint density at radius 3 is 2.29 bits per heavy atom. The van der Waals surface area contributed by atoms with Crippen molar-refractivity contribution in [3.05, 3.63) is 29.8 Å². The molecule has 6 nitrogen and oxygen atoms in total. The van der Waals surface area contributed by atoms with Gasteiger partial charge in [-0.25, -0.2) is 9.59 Å². The van der Waals surface area contributed by atoms with Gasteiger partial charge in [-0.05, 0) is 45.4 Å². The number of carbonyl (C=O) groups is 2. The van der Waals surface area contributed by atoms with Crippen molar-refractivity contribution in [1.82, 2.24) is 0 Å². The quantitative estimate of drug-likeness (QED) is 0.493. The monoisotopic (exact) mass is 294 g/mol. The highest BCUT2D eigenvalue weighted by Crippen LogP contribution is 2.15. The number of nitrogen functional groups attached to an aromatic ring is 1. The molecule has 0 aliphatic heterocycles. The predicted octanol–water partition coefficient (Wildman–Crippen LogP) is 1.37. The highest BCUT2D eigenvalue weighted by atomic mass is 16.6. The van der Waals surface area contributed by atoms with Gasteiger partial charge in [0.25, 0.3) is 0 Å². The fraction of sp³-hybridized carbons (Fsp3) is 0.467. The molecule has 1 aromatic carbocycles. The smallest absolute Gasteiger partial charge is 0.338 e. The van der Waals surface area contributed by atoms with Gasteiger partial charge in [0.1, 0.15) is 12.2 Å². The topological polar surface area (TPSA) is 105 Å². The number of hydrogen-bond donors (Lipinski definition) is 2. The maximum absolute atomic E-state index is 12.0. The molecule has 6 heteroatoms. The van der Waals surface area contributed by atoms with Crippen LogP contribution in [0.15, 0.2) is 24.3 Å². The lowest BCUT2D eigenvalue weighted by atomic mass is 10.0. The van der Waals surface area contributed by atoms with E-state index in [1.807, 2.05) is 0 Å². The summed E-state index contributed by atoms with van der Waals surface area (Å²) in [5.74, 6) is -1.67. The number of carbonyl (C=O) groups excluding carboxylic acids is 2. The van der Waals surface area contributed by atoms with Crippen molar-refractivity contribution < 1.29 is 19.1 Å². The van der Waals surface area contributed by atoms with E-state index in [1.165, 1.54) is 6.92 Å². The minimum Gasteiger partial charge on any atom is -0.459 e. The van der Waals surface area contributed by atoms with Crippen LogP contribution in [0.4, 0.5) is 5.69 Å². The van der Waals surface area contributed by atoms with E-state index < -0.39 is 23.1 Å². The molecule has 4 N–H and O–H groups in total. The summed E-state index contributed by atoms with van der Waals surface area (Å²) in [5.41, 5.74) is 10.0. The van der Waals surface area contributed by atoms with Gasteiger partial charge in [-0.3, -0.25) is 0 Å². The van der Waals surface area contributed by atoms with Crippen LogP contribution in [0.25, 0.3) is 0 Å². The van der Waals surface area contributed by atoms with Crippen LogP contribution in [0.2, 0.25) is 0 Å². The Kier molecular flexibility index (Phi) is 4.96. The Bertz CT molecular complexity index is 533. The zero-order chi connectivity index (χ0) is 16.3. The molecule has 1 atom stereocenters. The van der Waals surface area contributed by atoms with Gasteiger partial charge in [0.05, 0.1) is 0 Å². The second kappa shape index (κ2) is 6.13. The van der Waals surface area contributed by atoms with Crippen molar-refractivity contribution in [2.24, 2.45) is 5.73 Å². The fourth-order valence-electron chi connectivity index (χ4n) is 1.45. The van der Waals surface area contributed by atoms with Gasteiger partial charge in [-0.2, -0.15) is 0 Å². The van der Waals surface area contributed by atoms with Crippen LogP contribution in [-0.4, -0.2) is 23.1 Å². The molecule has 0 heterocycles. The van der Waals surface area contributed by atoms with Gasteiger partial charge in [0.15, 0.2) is 0 Å². The Hall–Kier alpha value is -2.08.